The van der Waals surface area contributed by atoms with Crippen LogP contribution >= 0.6 is 0 Å². The van der Waals surface area contributed by atoms with Crippen molar-refractivity contribution in [3.05, 3.63) is 65.2 Å². The van der Waals surface area contributed by atoms with Crippen molar-refractivity contribution in [1.82, 2.24) is 14.5 Å². The largest absolute Gasteiger partial charge is 0.352 e. The third kappa shape index (κ3) is 5.30. The number of sulfonamides is 1. The molecule has 3 amide bonds. The normalized spacial score (nSPS) is 16.0. The van der Waals surface area contributed by atoms with E-state index in [0.29, 0.717) is 0 Å². The van der Waals surface area contributed by atoms with Gasteiger partial charge >= 0.3 is 0 Å². The first-order valence-electron chi connectivity index (χ1n) is 11.4. The molecule has 2 aromatic rings. The van der Waals surface area contributed by atoms with E-state index in [9.17, 15) is 22.8 Å². The van der Waals surface area contributed by atoms with Crippen molar-refractivity contribution >= 4 is 27.7 Å². The second-order valence-corrected chi connectivity index (χ2v) is 10.5. The molecular formula is C25H31N3O5S. The van der Waals surface area contributed by atoms with Gasteiger partial charge in [0, 0.05) is 25.6 Å². The fourth-order valence-electron chi connectivity index (χ4n) is 3.73. The average Bonchev–Trinajstić information content (AvgIpc) is 3.01. The molecule has 3 rings (SSSR count). The van der Waals surface area contributed by atoms with E-state index < -0.39 is 27.9 Å². The van der Waals surface area contributed by atoms with Crippen molar-refractivity contribution in [2.45, 2.75) is 64.1 Å². The fourth-order valence-corrected chi connectivity index (χ4v) is 5.30. The summed E-state index contributed by atoms with van der Waals surface area (Å²) in [5, 5.41) is 2.90. The molecule has 0 radical (unpaired) electrons. The molecule has 1 aliphatic rings. The molecule has 2 atom stereocenters. The summed E-state index contributed by atoms with van der Waals surface area (Å²) in [4.78, 5) is 40.1. The molecule has 0 aromatic heterocycles. The minimum Gasteiger partial charge on any atom is -0.352 e. The van der Waals surface area contributed by atoms with E-state index in [2.05, 4.69) is 5.32 Å². The van der Waals surface area contributed by atoms with Gasteiger partial charge in [0.15, 0.2) is 0 Å². The predicted octanol–water partition coefficient (Wildman–Crippen LogP) is 2.86. The zero-order chi connectivity index (χ0) is 25.0. The number of nitrogens with one attached hydrogen (secondary N) is 1. The highest BCUT2D eigenvalue weighted by atomic mass is 32.2. The van der Waals surface area contributed by atoms with Crippen LogP contribution in [-0.4, -0.2) is 54.0 Å². The summed E-state index contributed by atoms with van der Waals surface area (Å²) in [6.45, 7) is 7.35. The molecule has 0 spiro atoms. The van der Waals surface area contributed by atoms with Gasteiger partial charge in [-0.25, -0.2) is 12.7 Å². The van der Waals surface area contributed by atoms with Crippen LogP contribution in [-0.2, 0) is 26.2 Å². The lowest BCUT2D eigenvalue weighted by Crippen LogP contribution is -2.50. The zero-order valence-corrected chi connectivity index (χ0v) is 20.8. The van der Waals surface area contributed by atoms with Crippen LogP contribution in [0.25, 0.3) is 0 Å². The first-order valence-corrected chi connectivity index (χ1v) is 12.8. The van der Waals surface area contributed by atoms with Gasteiger partial charge in [-0.05, 0) is 44.9 Å². The van der Waals surface area contributed by atoms with Crippen LogP contribution in [0.5, 0.6) is 0 Å². The Kier molecular flexibility index (Phi) is 7.76. The Labute approximate surface area is 201 Å². The van der Waals surface area contributed by atoms with Gasteiger partial charge in [0.05, 0.1) is 5.56 Å². The minimum atomic E-state index is -4.00. The quantitative estimate of drug-likeness (QED) is 0.588. The van der Waals surface area contributed by atoms with E-state index in [0.717, 1.165) is 21.9 Å². The number of fused-ring (bicyclic) bond motifs is 1. The maximum absolute atomic E-state index is 13.3. The summed E-state index contributed by atoms with van der Waals surface area (Å²) in [6, 6.07) is 12.8. The monoisotopic (exact) mass is 485 g/mol. The molecule has 0 bridgehead atoms. The van der Waals surface area contributed by atoms with Crippen LogP contribution in [0.4, 0.5) is 0 Å². The van der Waals surface area contributed by atoms with Crippen LogP contribution in [0, 0.1) is 6.92 Å². The summed E-state index contributed by atoms with van der Waals surface area (Å²) in [6.07, 6.45) is 0.519. The lowest BCUT2D eigenvalue weighted by Gasteiger charge is -2.30. The van der Waals surface area contributed by atoms with Gasteiger partial charge in [-0.3, -0.25) is 14.4 Å². The molecule has 8 nitrogen and oxygen atoms in total. The first kappa shape index (κ1) is 25.4. The van der Waals surface area contributed by atoms with Crippen molar-refractivity contribution in [2.24, 2.45) is 0 Å². The van der Waals surface area contributed by atoms with Crippen LogP contribution in [0.15, 0.2) is 53.4 Å². The van der Waals surface area contributed by atoms with Crippen molar-refractivity contribution in [3.8, 4) is 0 Å². The lowest BCUT2D eigenvalue weighted by molar-refractivity contribution is -0.140. The molecule has 1 aliphatic heterocycles. The van der Waals surface area contributed by atoms with E-state index in [1.165, 1.54) is 17.0 Å². The summed E-state index contributed by atoms with van der Waals surface area (Å²) < 4.78 is 26.4. The van der Waals surface area contributed by atoms with Gasteiger partial charge in [-0.2, -0.15) is 0 Å². The number of carbonyl (C=O) groups is 3. The first-order chi connectivity index (χ1) is 16.1. The summed E-state index contributed by atoms with van der Waals surface area (Å²) >= 11 is 0. The second-order valence-electron chi connectivity index (χ2n) is 8.63. The minimum absolute atomic E-state index is 0.0443. The van der Waals surface area contributed by atoms with Crippen LogP contribution < -0.4 is 5.32 Å². The highest BCUT2D eigenvalue weighted by Gasteiger charge is 2.41. The number of aryl methyl sites for hydroxylation is 1. The molecule has 0 saturated heterocycles. The molecule has 0 saturated carbocycles. The second kappa shape index (κ2) is 10.4. The lowest BCUT2D eigenvalue weighted by atomic mass is 10.1. The van der Waals surface area contributed by atoms with E-state index in [-0.39, 0.29) is 41.9 Å². The summed E-state index contributed by atoms with van der Waals surface area (Å²) in [5.74, 6) is -1.34. The predicted molar refractivity (Wildman–Crippen MR) is 128 cm³/mol. The maximum Gasteiger partial charge on any atom is 0.269 e. The van der Waals surface area contributed by atoms with Gasteiger partial charge in [-0.15, -0.1) is 0 Å². The van der Waals surface area contributed by atoms with Crippen molar-refractivity contribution in [2.75, 3.05) is 6.54 Å². The van der Waals surface area contributed by atoms with Gasteiger partial charge in [0.25, 0.3) is 15.9 Å². The SMILES string of the molecule is CC[C@@H](C)NC(=O)[C@H](C)N(Cc1ccc(C)cc1)C(=O)CCN1C(=O)c2ccccc2S1(=O)=O. The zero-order valence-electron chi connectivity index (χ0n) is 19.9. The molecule has 0 aliphatic carbocycles. The number of rotatable bonds is 9. The Bertz CT molecular complexity index is 1180. The molecule has 34 heavy (non-hydrogen) atoms. The number of nitrogens with zero attached hydrogens (tertiary/aromatic N) is 2. The van der Waals surface area contributed by atoms with Crippen molar-refractivity contribution in [3.63, 3.8) is 0 Å². The number of hydrogen-bond acceptors (Lipinski definition) is 5. The highest BCUT2D eigenvalue weighted by Crippen LogP contribution is 2.30. The highest BCUT2D eigenvalue weighted by molar-refractivity contribution is 7.90. The van der Waals surface area contributed by atoms with E-state index in [1.807, 2.05) is 45.0 Å². The Morgan fingerprint density at radius 3 is 2.32 bits per heavy atom. The Morgan fingerprint density at radius 1 is 1.06 bits per heavy atom. The fraction of sp³-hybridized carbons (Fsp3) is 0.400. The molecule has 9 heteroatoms. The molecule has 2 aromatic carbocycles. The molecule has 182 valence electrons. The topological polar surface area (TPSA) is 104 Å². The number of benzene rings is 2. The van der Waals surface area contributed by atoms with Gasteiger partial charge in [0.1, 0.15) is 10.9 Å². The maximum atomic E-state index is 13.3. The van der Waals surface area contributed by atoms with Crippen molar-refractivity contribution in [1.29, 1.82) is 0 Å². The third-order valence-electron chi connectivity index (χ3n) is 6.08. The van der Waals surface area contributed by atoms with Crippen LogP contribution in [0.1, 0.15) is 55.1 Å². The molecular weight excluding hydrogens is 454 g/mol. The Balaban J connectivity index is 1.79. The van der Waals surface area contributed by atoms with Gasteiger partial charge < -0.3 is 10.2 Å². The summed E-state index contributed by atoms with van der Waals surface area (Å²) in [7, 11) is -4.00. The molecule has 1 N–H and O–H groups in total. The number of amides is 3. The average molecular weight is 486 g/mol. The number of carbonyl (C=O) groups excluding carboxylic acids is 3. The van der Waals surface area contributed by atoms with Crippen molar-refractivity contribution < 1.29 is 22.8 Å². The van der Waals surface area contributed by atoms with Crippen LogP contribution in [0.3, 0.4) is 0 Å². The van der Waals surface area contributed by atoms with E-state index in [4.69, 9.17) is 0 Å². The smallest absolute Gasteiger partial charge is 0.269 e. The molecule has 1 heterocycles. The number of hydrogen-bond donors (Lipinski definition) is 1. The van der Waals surface area contributed by atoms with Gasteiger partial charge in [-0.1, -0.05) is 48.9 Å². The standard InChI is InChI=1S/C25H31N3O5S/c1-5-18(3)26-24(30)19(4)27(16-20-12-10-17(2)11-13-20)23(29)14-15-28-25(31)21-8-6-7-9-22(21)34(28,32)33/h6-13,18-19H,5,14-16H2,1-4H3,(H,26,30)/t18-,19+/m1/s1. The Hall–Kier alpha value is -3.20. The van der Waals surface area contributed by atoms with Crippen LogP contribution in [0.2, 0.25) is 0 Å². The van der Waals surface area contributed by atoms with Gasteiger partial charge in [0.2, 0.25) is 11.8 Å². The Morgan fingerprint density at radius 2 is 1.71 bits per heavy atom. The molecule has 0 unspecified atom stereocenters. The summed E-state index contributed by atoms with van der Waals surface area (Å²) in [5.41, 5.74) is 2.02. The van der Waals surface area contributed by atoms with E-state index in [1.54, 1.807) is 19.1 Å². The molecule has 0 fully saturated rings. The third-order valence-corrected chi connectivity index (χ3v) is 7.92. The van der Waals surface area contributed by atoms with E-state index >= 15 is 0 Å².